The van der Waals surface area contributed by atoms with Gasteiger partial charge in [-0.15, -0.1) is 0 Å². The van der Waals surface area contributed by atoms with Crippen molar-refractivity contribution >= 4 is 17.6 Å². The summed E-state index contributed by atoms with van der Waals surface area (Å²) in [5.41, 5.74) is 0.451. The lowest BCUT2D eigenvalue weighted by atomic mass is 10.2. The number of ether oxygens (including phenoxy) is 3. The Morgan fingerprint density at radius 1 is 1.33 bits per heavy atom. The van der Waals surface area contributed by atoms with Gasteiger partial charge in [0.25, 0.3) is 0 Å². The molecule has 1 aromatic carbocycles. The fourth-order valence-corrected chi connectivity index (χ4v) is 2.24. The van der Waals surface area contributed by atoms with Crippen molar-refractivity contribution in [1.29, 1.82) is 0 Å². The van der Waals surface area contributed by atoms with E-state index >= 15 is 0 Å². The second-order valence-corrected chi connectivity index (χ2v) is 6.20. The molecule has 2 rings (SSSR count). The number of carbonyl (C=O) groups excluding carboxylic acids is 1. The fraction of sp³-hybridized carbons (Fsp3) is 0.533. The number of halogens is 1. The van der Waals surface area contributed by atoms with Crippen LogP contribution in [0.25, 0.3) is 0 Å². The van der Waals surface area contributed by atoms with Crippen molar-refractivity contribution in [2.24, 2.45) is 0 Å². The van der Waals surface area contributed by atoms with Gasteiger partial charge in [0.05, 0.1) is 11.6 Å². The molecule has 0 unspecified atom stereocenters. The molecular weight excluding hydrogens is 294 g/mol. The van der Waals surface area contributed by atoms with Crippen molar-refractivity contribution < 1.29 is 19.0 Å². The topological polar surface area (TPSA) is 56.8 Å². The van der Waals surface area contributed by atoms with E-state index in [9.17, 15) is 4.79 Å². The maximum Gasteiger partial charge on any atom is 0.320 e. The summed E-state index contributed by atoms with van der Waals surface area (Å²) in [7, 11) is 0. The van der Waals surface area contributed by atoms with Gasteiger partial charge in [-0.2, -0.15) is 0 Å². The molecule has 0 amide bonds. The maximum absolute atomic E-state index is 11.6. The smallest absolute Gasteiger partial charge is 0.320 e. The molecule has 0 spiro atoms. The highest BCUT2D eigenvalue weighted by molar-refractivity contribution is 6.32. The average Bonchev–Trinajstić information content (AvgIpc) is 2.36. The highest BCUT2D eigenvalue weighted by Gasteiger charge is 2.18. The molecule has 0 aromatic heterocycles. The first-order chi connectivity index (χ1) is 9.85. The van der Waals surface area contributed by atoms with E-state index in [1.54, 1.807) is 6.07 Å². The van der Waals surface area contributed by atoms with E-state index in [1.165, 1.54) is 0 Å². The van der Waals surface area contributed by atoms with E-state index in [-0.39, 0.29) is 12.5 Å². The Morgan fingerprint density at radius 2 is 2.05 bits per heavy atom. The van der Waals surface area contributed by atoms with Gasteiger partial charge < -0.3 is 19.5 Å². The van der Waals surface area contributed by atoms with Gasteiger partial charge >= 0.3 is 5.97 Å². The summed E-state index contributed by atoms with van der Waals surface area (Å²) < 4.78 is 16.2. The highest BCUT2D eigenvalue weighted by Crippen LogP contribution is 2.38. The van der Waals surface area contributed by atoms with Gasteiger partial charge in [0.1, 0.15) is 18.8 Å². The van der Waals surface area contributed by atoms with Gasteiger partial charge in [0, 0.05) is 6.54 Å². The van der Waals surface area contributed by atoms with Crippen LogP contribution in [-0.2, 0) is 16.1 Å². The zero-order valence-corrected chi connectivity index (χ0v) is 13.3. The maximum atomic E-state index is 11.6. The molecule has 0 radical (unpaired) electrons. The van der Waals surface area contributed by atoms with E-state index in [2.05, 4.69) is 5.32 Å². The first-order valence-corrected chi connectivity index (χ1v) is 7.23. The number of fused-ring (bicyclic) bond motifs is 1. The summed E-state index contributed by atoms with van der Waals surface area (Å²) >= 11 is 6.15. The molecule has 0 atom stereocenters. The minimum atomic E-state index is -0.473. The molecule has 1 aromatic rings. The number of nitrogens with one attached hydrogen (secondary N) is 1. The number of rotatable bonds is 4. The van der Waals surface area contributed by atoms with Gasteiger partial charge in [-0.25, -0.2) is 0 Å². The summed E-state index contributed by atoms with van der Waals surface area (Å²) in [5.74, 6) is 0.938. The fourth-order valence-electron chi connectivity index (χ4n) is 1.95. The molecule has 1 heterocycles. The first-order valence-electron chi connectivity index (χ1n) is 6.86. The SMILES string of the molecule is CC(C)(C)OC(=O)CNCc1cc(Cl)c2c(c1)OCCO2. The number of esters is 1. The summed E-state index contributed by atoms with van der Waals surface area (Å²) in [5, 5.41) is 3.54. The van der Waals surface area contributed by atoms with E-state index in [0.29, 0.717) is 36.3 Å². The van der Waals surface area contributed by atoms with Crippen LogP contribution in [0.15, 0.2) is 12.1 Å². The Morgan fingerprint density at radius 3 is 2.76 bits per heavy atom. The Kier molecular flexibility index (Phi) is 4.96. The predicted octanol–water partition coefficient (Wildman–Crippen LogP) is 2.54. The van der Waals surface area contributed by atoms with Crippen molar-refractivity contribution in [2.75, 3.05) is 19.8 Å². The third kappa shape index (κ3) is 4.79. The quantitative estimate of drug-likeness (QED) is 0.866. The van der Waals surface area contributed by atoms with Gasteiger partial charge in [-0.3, -0.25) is 4.79 Å². The Balaban J connectivity index is 1.89. The zero-order valence-electron chi connectivity index (χ0n) is 12.5. The third-order valence-electron chi connectivity index (χ3n) is 2.68. The lowest BCUT2D eigenvalue weighted by Crippen LogP contribution is -2.31. The van der Waals surface area contributed by atoms with Crippen LogP contribution in [0.3, 0.4) is 0 Å². The Hall–Kier alpha value is -1.46. The molecule has 116 valence electrons. The minimum Gasteiger partial charge on any atom is -0.486 e. The van der Waals surface area contributed by atoms with Gasteiger partial charge in [-0.1, -0.05) is 11.6 Å². The molecule has 1 N–H and O–H groups in total. The average molecular weight is 314 g/mol. The van der Waals surface area contributed by atoms with Crippen LogP contribution in [-0.4, -0.2) is 31.3 Å². The number of hydrogen-bond donors (Lipinski definition) is 1. The number of carbonyl (C=O) groups is 1. The molecule has 0 saturated carbocycles. The monoisotopic (exact) mass is 313 g/mol. The third-order valence-corrected chi connectivity index (χ3v) is 2.96. The van der Waals surface area contributed by atoms with Crippen molar-refractivity contribution in [3.63, 3.8) is 0 Å². The molecule has 5 nitrogen and oxygen atoms in total. The van der Waals surface area contributed by atoms with E-state index < -0.39 is 5.60 Å². The second-order valence-electron chi connectivity index (χ2n) is 5.79. The standard InChI is InChI=1S/C15H20ClNO4/c1-15(2,3)21-13(18)9-17-8-10-6-11(16)14-12(7-10)19-4-5-20-14/h6-7,17H,4-5,8-9H2,1-3H3. The summed E-state index contributed by atoms with van der Waals surface area (Å²) in [4.78, 5) is 11.6. The molecule has 1 aliphatic rings. The molecule has 0 fully saturated rings. The van der Waals surface area contributed by atoms with E-state index in [0.717, 1.165) is 5.56 Å². The van der Waals surface area contributed by atoms with Crippen LogP contribution in [0.4, 0.5) is 0 Å². The second kappa shape index (κ2) is 6.54. The summed E-state index contributed by atoms with van der Waals surface area (Å²) in [6, 6.07) is 3.67. The lowest BCUT2D eigenvalue weighted by Gasteiger charge is -2.21. The normalized spacial score (nSPS) is 13.9. The van der Waals surface area contributed by atoms with Crippen molar-refractivity contribution in [3.05, 3.63) is 22.7 Å². The number of benzene rings is 1. The van der Waals surface area contributed by atoms with Gasteiger partial charge in [0.15, 0.2) is 11.5 Å². The molecule has 6 heteroatoms. The van der Waals surface area contributed by atoms with Crippen LogP contribution >= 0.6 is 11.6 Å². The lowest BCUT2D eigenvalue weighted by molar-refractivity contribution is -0.153. The molecule has 0 saturated heterocycles. The van der Waals surface area contributed by atoms with Crippen molar-refractivity contribution in [2.45, 2.75) is 32.9 Å². The summed E-state index contributed by atoms with van der Waals surface area (Å²) in [6.45, 7) is 7.17. The van der Waals surface area contributed by atoms with Crippen LogP contribution in [0.2, 0.25) is 5.02 Å². The molecule has 0 aliphatic carbocycles. The zero-order chi connectivity index (χ0) is 15.5. The van der Waals surface area contributed by atoms with Crippen LogP contribution in [0.5, 0.6) is 11.5 Å². The first kappa shape index (κ1) is 15.9. The Labute approximate surface area is 129 Å². The molecular formula is C15H20ClNO4. The van der Waals surface area contributed by atoms with E-state index in [1.807, 2.05) is 26.8 Å². The highest BCUT2D eigenvalue weighted by atomic mass is 35.5. The van der Waals surface area contributed by atoms with Gasteiger partial charge in [0.2, 0.25) is 0 Å². The molecule has 0 bridgehead atoms. The Bertz CT molecular complexity index is 525. The largest absolute Gasteiger partial charge is 0.486 e. The predicted molar refractivity (Wildman–Crippen MR) is 80.0 cm³/mol. The van der Waals surface area contributed by atoms with Gasteiger partial charge in [-0.05, 0) is 38.5 Å². The minimum absolute atomic E-state index is 0.142. The van der Waals surface area contributed by atoms with Crippen LogP contribution in [0.1, 0.15) is 26.3 Å². The van der Waals surface area contributed by atoms with E-state index in [4.69, 9.17) is 25.8 Å². The molecule has 21 heavy (non-hydrogen) atoms. The number of hydrogen-bond acceptors (Lipinski definition) is 5. The summed E-state index contributed by atoms with van der Waals surface area (Å²) in [6.07, 6.45) is 0. The molecule has 1 aliphatic heterocycles. The van der Waals surface area contributed by atoms with Crippen molar-refractivity contribution in [3.8, 4) is 11.5 Å². The van der Waals surface area contributed by atoms with Crippen LogP contribution < -0.4 is 14.8 Å². The van der Waals surface area contributed by atoms with Crippen molar-refractivity contribution in [1.82, 2.24) is 5.32 Å². The van der Waals surface area contributed by atoms with Crippen LogP contribution in [0, 0.1) is 0 Å².